The molecule has 144 valence electrons. The van der Waals surface area contributed by atoms with E-state index in [4.69, 9.17) is 4.98 Å². The molecule has 1 aromatic heterocycles. The average Bonchev–Trinajstić information content (AvgIpc) is 3.18. The molecule has 0 bridgehead atoms. The smallest absolute Gasteiger partial charge is 0.254 e. The van der Waals surface area contributed by atoms with E-state index in [1.807, 2.05) is 36.1 Å². The van der Waals surface area contributed by atoms with Crippen LogP contribution in [0.4, 0.5) is 5.13 Å². The van der Waals surface area contributed by atoms with Crippen LogP contribution in [0.5, 0.6) is 0 Å². The van der Waals surface area contributed by atoms with Gasteiger partial charge in [-0.2, -0.15) is 4.37 Å². The fraction of sp³-hybridized carbons (Fsp3) is 0.318. The summed E-state index contributed by atoms with van der Waals surface area (Å²) in [4.78, 5) is 21.7. The number of hydrogen-bond donors (Lipinski definition) is 0. The molecule has 1 fully saturated rings. The van der Waals surface area contributed by atoms with E-state index >= 15 is 0 Å². The maximum absolute atomic E-state index is 12.8. The number of aromatic nitrogens is 2. The number of nitrogens with zero attached hydrogens (tertiary/aromatic N) is 4. The largest absolute Gasteiger partial charge is 0.343 e. The van der Waals surface area contributed by atoms with Gasteiger partial charge in [0, 0.05) is 49.7 Å². The zero-order valence-electron chi connectivity index (χ0n) is 16.3. The molecule has 2 heterocycles. The molecular weight excluding hydrogens is 368 g/mol. The number of hydrogen-bond acceptors (Lipinski definition) is 5. The maximum Gasteiger partial charge on any atom is 0.254 e. The van der Waals surface area contributed by atoms with Gasteiger partial charge in [0.1, 0.15) is 5.82 Å². The highest BCUT2D eigenvalue weighted by Crippen LogP contribution is 2.21. The molecule has 3 aromatic rings. The second-order valence-corrected chi connectivity index (χ2v) is 7.98. The summed E-state index contributed by atoms with van der Waals surface area (Å²) in [5.41, 5.74) is 4.31. The third kappa shape index (κ3) is 4.07. The van der Waals surface area contributed by atoms with Gasteiger partial charge in [0.2, 0.25) is 5.13 Å². The van der Waals surface area contributed by atoms with Crippen LogP contribution in [-0.2, 0) is 6.42 Å². The molecule has 1 amide bonds. The van der Waals surface area contributed by atoms with Gasteiger partial charge in [-0.1, -0.05) is 48.0 Å². The number of benzene rings is 2. The van der Waals surface area contributed by atoms with Gasteiger partial charge in [-0.15, -0.1) is 0 Å². The van der Waals surface area contributed by atoms with Crippen molar-refractivity contribution in [2.45, 2.75) is 20.3 Å². The SMILES string of the molecule is Cc1ccc(Cc2nsc(N3CCN(C(=O)c4ccccc4C)CC3)n2)cc1. The minimum atomic E-state index is 0.120. The second-order valence-electron chi connectivity index (χ2n) is 7.25. The summed E-state index contributed by atoms with van der Waals surface area (Å²) in [5.74, 6) is 0.984. The van der Waals surface area contributed by atoms with Crippen LogP contribution in [-0.4, -0.2) is 46.3 Å². The lowest BCUT2D eigenvalue weighted by atomic mass is 10.1. The van der Waals surface area contributed by atoms with Crippen molar-refractivity contribution in [1.29, 1.82) is 0 Å². The van der Waals surface area contributed by atoms with Crippen LogP contribution >= 0.6 is 11.5 Å². The maximum atomic E-state index is 12.8. The van der Waals surface area contributed by atoms with Gasteiger partial charge in [0.05, 0.1) is 0 Å². The van der Waals surface area contributed by atoms with Gasteiger partial charge in [-0.05, 0) is 31.0 Å². The summed E-state index contributed by atoms with van der Waals surface area (Å²) in [6.45, 7) is 7.07. The Morgan fingerprint density at radius 3 is 2.43 bits per heavy atom. The molecule has 0 atom stereocenters. The van der Waals surface area contributed by atoms with E-state index in [-0.39, 0.29) is 5.91 Å². The van der Waals surface area contributed by atoms with E-state index in [9.17, 15) is 4.79 Å². The molecule has 5 nitrogen and oxygen atoms in total. The van der Waals surface area contributed by atoms with Gasteiger partial charge in [0.25, 0.3) is 5.91 Å². The minimum Gasteiger partial charge on any atom is -0.343 e. The monoisotopic (exact) mass is 392 g/mol. The highest BCUT2D eigenvalue weighted by Gasteiger charge is 2.24. The Morgan fingerprint density at radius 2 is 1.71 bits per heavy atom. The first-order valence-corrected chi connectivity index (χ1v) is 10.4. The van der Waals surface area contributed by atoms with Gasteiger partial charge >= 0.3 is 0 Å². The summed E-state index contributed by atoms with van der Waals surface area (Å²) in [5, 5.41) is 0.949. The van der Waals surface area contributed by atoms with Crippen molar-refractivity contribution in [2.75, 3.05) is 31.1 Å². The zero-order valence-corrected chi connectivity index (χ0v) is 17.1. The van der Waals surface area contributed by atoms with E-state index in [2.05, 4.69) is 40.5 Å². The highest BCUT2D eigenvalue weighted by atomic mass is 32.1. The molecule has 1 aliphatic rings. The molecule has 0 saturated carbocycles. The number of anilines is 1. The van der Waals surface area contributed by atoms with Crippen LogP contribution in [0, 0.1) is 13.8 Å². The standard InChI is InChI=1S/C22H24N4OS/c1-16-7-9-18(10-8-16)15-20-23-22(28-24-20)26-13-11-25(12-14-26)21(27)19-6-4-3-5-17(19)2/h3-10H,11-15H2,1-2H3. The number of piperazine rings is 1. The van der Waals surface area contributed by atoms with Crippen molar-refractivity contribution < 1.29 is 4.79 Å². The number of aryl methyl sites for hydroxylation is 2. The van der Waals surface area contributed by atoms with E-state index in [1.54, 1.807) is 0 Å². The third-order valence-electron chi connectivity index (χ3n) is 5.15. The summed E-state index contributed by atoms with van der Waals surface area (Å²) < 4.78 is 4.53. The fourth-order valence-corrected chi connectivity index (χ4v) is 4.15. The van der Waals surface area contributed by atoms with Crippen LogP contribution in [0.2, 0.25) is 0 Å². The number of carbonyl (C=O) groups is 1. The second kappa shape index (κ2) is 8.10. The molecule has 2 aromatic carbocycles. The molecule has 4 rings (SSSR count). The fourth-order valence-electron chi connectivity index (χ4n) is 3.42. The topological polar surface area (TPSA) is 49.3 Å². The summed E-state index contributed by atoms with van der Waals surface area (Å²) >= 11 is 1.45. The summed E-state index contributed by atoms with van der Waals surface area (Å²) in [6.07, 6.45) is 0.752. The van der Waals surface area contributed by atoms with E-state index in [0.717, 1.165) is 41.6 Å². The molecule has 1 aliphatic heterocycles. The Morgan fingerprint density at radius 1 is 1.00 bits per heavy atom. The van der Waals surface area contributed by atoms with Crippen LogP contribution in [0.15, 0.2) is 48.5 Å². The summed E-state index contributed by atoms with van der Waals surface area (Å²) in [6, 6.07) is 16.3. The molecule has 0 aliphatic carbocycles. The van der Waals surface area contributed by atoms with Crippen molar-refractivity contribution in [3.8, 4) is 0 Å². The van der Waals surface area contributed by atoms with Gasteiger partial charge < -0.3 is 9.80 Å². The predicted molar refractivity (Wildman–Crippen MR) is 113 cm³/mol. The first-order valence-electron chi connectivity index (χ1n) is 9.58. The lowest BCUT2D eigenvalue weighted by molar-refractivity contribution is 0.0746. The van der Waals surface area contributed by atoms with E-state index in [1.165, 1.54) is 22.7 Å². The van der Waals surface area contributed by atoms with Crippen LogP contribution in [0.3, 0.4) is 0 Å². The third-order valence-corrected chi connectivity index (χ3v) is 5.97. The minimum absolute atomic E-state index is 0.120. The van der Waals surface area contributed by atoms with Crippen LogP contribution in [0.1, 0.15) is 32.9 Å². The number of rotatable bonds is 4. The molecule has 0 unspecified atom stereocenters. The van der Waals surface area contributed by atoms with Crippen molar-refractivity contribution in [2.24, 2.45) is 0 Å². The van der Waals surface area contributed by atoms with E-state index < -0.39 is 0 Å². The molecule has 6 heteroatoms. The molecule has 0 spiro atoms. The Hall–Kier alpha value is -2.73. The highest BCUT2D eigenvalue weighted by molar-refractivity contribution is 7.09. The first kappa shape index (κ1) is 18.6. The molecular formula is C22H24N4OS. The quantitative estimate of drug-likeness (QED) is 0.679. The average molecular weight is 393 g/mol. The Labute approximate surface area is 169 Å². The summed E-state index contributed by atoms with van der Waals surface area (Å²) in [7, 11) is 0. The predicted octanol–water partition coefficient (Wildman–Crippen LogP) is 3.71. The molecule has 28 heavy (non-hydrogen) atoms. The lowest BCUT2D eigenvalue weighted by Crippen LogP contribution is -2.48. The van der Waals surface area contributed by atoms with Crippen molar-refractivity contribution in [1.82, 2.24) is 14.3 Å². The van der Waals surface area contributed by atoms with Crippen LogP contribution in [0.25, 0.3) is 0 Å². The van der Waals surface area contributed by atoms with Crippen molar-refractivity contribution in [3.05, 3.63) is 76.6 Å². The lowest BCUT2D eigenvalue weighted by Gasteiger charge is -2.34. The molecule has 0 radical (unpaired) electrons. The Bertz CT molecular complexity index is 959. The normalized spacial score (nSPS) is 14.4. The van der Waals surface area contributed by atoms with Gasteiger partial charge in [0.15, 0.2) is 0 Å². The Balaban J connectivity index is 1.36. The number of amides is 1. The van der Waals surface area contributed by atoms with E-state index in [0.29, 0.717) is 13.1 Å². The van der Waals surface area contributed by atoms with Crippen molar-refractivity contribution >= 4 is 22.6 Å². The number of carbonyl (C=O) groups excluding carboxylic acids is 1. The molecule has 1 saturated heterocycles. The molecule has 0 N–H and O–H groups in total. The zero-order chi connectivity index (χ0) is 19.5. The Kier molecular flexibility index (Phi) is 5.39. The first-order chi connectivity index (χ1) is 13.6. The van der Waals surface area contributed by atoms with Crippen molar-refractivity contribution in [3.63, 3.8) is 0 Å². The van der Waals surface area contributed by atoms with Gasteiger partial charge in [-0.25, -0.2) is 4.98 Å². The van der Waals surface area contributed by atoms with Crippen LogP contribution < -0.4 is 4.90 Å². The van der Waals surface area contributed by atoms with Gasteiger partial charge in [-0.3, -0.25) is 4.79 Å².